The van der Waals surface area contributed by atoms with Gasteiger partial charge in [-0.25, -0.2) is 0 Å². The fraction of sp³-hybridized carbons (Fsp3) is 0.895. The van der Waals surface area contributed by atoms with Crippen molar-refractivity contribution in [1.82, 2.24) is 0 Å². The molecule has 0 bridgehead atoms. The summed E-state index contributed by atoms with van der Waals surface area (Å²) in [5.41, 5.74) is -1.11. The number of ketones is 2. The van der Waals surface area contributed by atoms with E-state index in [1.807, 2.05) is 6.92 Å². The van der Waals surface area contributed by atoms with Gasteiger partial charge in [0.2, 0.25) is 0 Å². The molecule has 0 spiro atoms. The third kappa shape index (κ3) is 1.61. The van der Waals surface area contributed by atoms with Gasteiger partial charge in [0.15, 0.2) is 0 Å². The Bertz CT molecular complexity index is 541. The first-order valence-corrected chi connectivity index (χ1v) is 9.09. The van der Waals surface area contributed by atoms with Crippen LogP contribution in [0.3, 0.4) is 0 Å². The Morgan fingerprint density at radius 2 is 1.73 bits per heavy atom. The Morgan fingerprint density at radius 3 is 2.50 bits per heavy atom. The molecule has 3 heteroatoms. The average Bonchev–Trinajstić information content (AvgIpc) is 2.72. The van der Waals surface area contributed by atoms with Crippen LogP contribution in [0.2, 0.25) is 0 Å². The molecule has 6 atom stereocenters. The van der Waals surface area contributed by atoms with E-state index in [0.717, 1.165) is 38.5 Å². The molecule has 4 fully saturated rings. The first-order chi connectivity index (χ1) is 10.3. The largest absolute Gasteiger partial charge is 0.389 e. The Morgan fingerprint density at radius 1 is 0.955 bits per heavy atom. The predicted octanol–water partition coefficient (Wildman–Crippen LogP) is 3.28. The lowest BCUT2D eigenvalue weighted by atomic mass is 9.44. The zero-order valence-electron chi connectivity index (χ0n) is 13.9. The molecule has 0 aromatic heterocycles. The Hall–Kier alpha value is -0.700. The van der Waals surface area contributed by atoms with Gasteiger partial charge in [0.1, 0.15) is 11.6 Å². The van der Waals surface area contributed by atoms with Crippen molar-refractivity contribution in [3.63, 3.8) is 0 Å². The van der Waals surface area contributed by atoms with Crippen LogP contribution in [0.1, 0.15) is 71.6 Å². The summed E-state index contributed by atoms with van der Waals surface area (Å²) in [5.74, 6) is 1.95. The highest BCUT2D eigenvalue weighted by Gasteiger charge is 2.67. The van der Waals surface area contributed by atoms with Crippen molar-refractivity contribution in [2.24, 2.45) is 28.6 Å². The second kappa shape index (κ2) is 4.43. The maximum atomic E-state index is 12.4. The summed E-state index contributed by atoms with van der Waals surface area (Å²) in [7, 11) is 0. The SMILES string of the molecule is CC12CCC(=O)C[C@H]1CCC1C2CCC2(C)C(=O)CC[C@@]12O. The van der Waals surface area contributed by atoms with Gasteiger partial charge in [-0.3, -0.25) is 9.59 Å². The van der Waals surface area contributed by atoms with Crippen LogP contribution in [0, 0.1) is 28.6 Å². The molecule has 0 aromatic rings. The zero-order chi connectivity index (χ0) is 15.8. The minimum atomic E-state index is -0.789. The van der Waals surface area contributed by atoms with Crippen molar-refractivity contribution in [1.29, 1.82) is 0 Å². The minimum absolute atomic E-state index is 0.194. The van der Waals surface area contributed by atoms with Gasteiger partial charge in [-0.15, -0.1) is 0 Å². The third-order valence-electron chi connectivity index (χ3n) is 8.38. The molecule has 0 heterocycles. The monoisotopic (exact) mass is 304 g/mol. The van der Waals surface area contributed by atoms with Crippen molar-refractivity contribution in [3.05, 3.63) is 0 Å². The number of Topliss-reactive ketones (excluding diaryl/α,β-unsaturated/α-hetero) is 2. The standard InChI is InChI=1S/C19H28O3/c1-17-8-5-13(20)11-12(17)3-4-15-14(17)6-9-18(2)16(21)7-10-19(15,18)22/h12,14-15,22H,3-11H2,1-2H3/t12-,14?,15?,17?,18?,19-/m1/s1. The van der Waals surface area contributed by atoms with Crippen molar-refractivity contribution in [3.8, 4) is 0 Å². The van der Waals surface area contributed by atoms with Gasteiger partial charge >= 0.3 is 0 Å². The van der Waals surface area contributed by atoms with E-state index in [9.17, 15) is 14.7 Å². The summed E-state index contributed by atoms with van der Waals surface area (Å²) >= 11 is 0. The molecule has 3 nitrogen and oxygen atoms in total. The smallest absolute Gasteiger partial charge is 0.141 e. The molecule has 122 valence electrons. The molecular formula is C19H28O3. The Kier molecular flexibility index (Phi) is 3.00. The molecule has 4 aliphatic carbocycles. The summed E-state index contributed by atoms with van der Waals surface area (Å²) in [6.07, 6.45) is 7.58. The summed E-state index contributed by atoms with van der Waals surface area (Å²) in [5, 5.41) is 11.5. The maximum absolute atomic E-state index is 12.4. The number of aliphatic hydroxyl groups is 1. The molecule has 0 radical (unpaired) electrons. The van der Waals surface area contributed by atoms with Crippen molar-refractivity contribution in [2.45, 2.75) is 77.2 Å². The van der Waals surface area contributed by atoms with Crippen molar-refractivity contribution in [2.75, 3.05) is 0 Å². The van der Waals surface area contributed by atoms with E-state index in [2.05, 4.69) is 6.92 Å². The molecule has 4 rings (SSSR count). The molecule has 0 saturated heterocycles. The lowest BCUT2D eigenvalue weighted by Gasteiger charge is -2.61. The van der Waals surface area contributed by atoms with Gasteiger partial charge in [0.25, 0.3) is 0 Å². The molecular weight excluding hydrogens is 276 g/mol. The molecule has 4 saturated carbocycles. The highest BCUT2D eigenvalue weighted by atomic mass is 16.3. The second-order valence-electron chi connectivity index (χ2n) is 8.95. The van der Waals surface area contributed by atoms with Gasteiger partial charge < -0.3 is 5.11 Å². The van der Waals surface area contributed by atoms with Crippen LogP contribution in [-0.4, -0.2) is 22.3 Å². The quantitative estimate of drug-likeness (QED) is 0.747. The van der Waals surface area contributed by atoms with E-state index >= 15 is 0 Å². The summed E-state index contributed by atoms with van der Waals surface area (Å²) in [6, 6.07) is 0. The third-order valence-corrected chi connectivity index (χ3v) is 8.38. The van der Waals surface area contributed by atoms with Crippen LogP contribution in [0.4, 0.5) is 0 Å². The van der Waals surface area contributed by atoms with Gasteiger partial charge in [-0.05, 0) is 68.6 Å². The van der Waals surface area contributed by atoms with Crippen LogP contribution >= 0.6 is 0 Å². The van der Waals surface area contributed by atoms with E-state index in [4.69, 9.17) is 0 Å². The van der Waals surface area contributed by atoms with Crippen LogP contribution in [0.25, 0.3) is 0 Å². The fourth-order valence-corrected chi connectivity index (χ4v) is 6.78. The molecule has 4 unspecified atom stereocenters. The topological polar surface area (TPSA) is 54.4 Å². The molecule has 1 N–H and O–H groups in total. The minimum Gasteiger partial charge on any atom is -0.389 e. The summed E-state index contributed by atoms with van der Waals surface area (Å²) in [6.45, 7) is 4.38. The number of hydrogen-bond donors (Lipinski definition) is 1. The molecule has 22 heavy (non-hydrogen) atoms. The predicted molar refractivity (Wildman–Crippen MR) is 83.2 cm³/mol. The van der Waals surface area contributed by atoms with Crippen molar-refractivity contribution < 1.29 is 14.7 Å². The van der Waals surface area contributed by atoms with Gasteiger partial charge in [-0.1, -0.05) is 6.92 Å². The number of fused-ring (bicyclic) bond motifs is 5. The van der Waals surface area contributed by atoms with Crippen LogP contribution in [-0.2, 0) is 9.59 Å². The van der Waals surface area contributed by atoms with E-state index in [-0.39, 0.29) is 17.1 Å². The van der Waals surface area contributed by atoms with Crippen LogP contribution in [0.15, 0.2) is 0 Å². The molecule has 0 amide bonds. The van der Waals surface area contributed by atoms with E-state index in [1.54, 1.807) is 0 Å². The average molecular weight is 304 g/mol. The molecule has 4 aliphatic rings. The number of carbonyl (C=O) groups excluding carboxylic acids is 2. The second-order valence-corrected chi connectivity index (χ2v) is 8.95. The summed E-state index contributed by atoms with van der Waals surface area (Å²) in [4.78, 5) is 24.3. The normalized spacial score (nSPS) is 54.6. The first kappa shape index (κ1) is 14.9. The molecule has 0 aromatic carbocycles. The lowest BCUT2D eigenvalue weighted by Crippen LogP contribution is -2.62. The maximum Gasteiger partial charge on any atom is 0.141 e. The van der Waals surface area contributed by atoms with E-state index < -0.39 is 11.0 Å². The number of carbonyl (C=O) groups is 2. The van der Waals surface area contributed by atoms with E-state index in [0.29, 0.717) is 36.9 Å². The highest BCUT2D eigenvalue weighted by molar-refractivity contribution is 5.88. The van der Waals surface area contributed by atoms with Crippen LogP contribution in [0.5, 0.6) is 0 Å². The number of rotatable bonds is 0. The van der Waals surface area contributed by atoms with Gasteiger partial charge in [0.05, 0.1) is 11.0 Å². The summed E-state index contributed by atoms with van der Waals surface area (Å²) < 4.78 is 0. The first-order valence-electron chi connectivity index (χ1n) is 9.09. The zero-order valence-corrected chi connectivity index (χ0v) is 13.9. The lowest BCUT2D eigenvalue weighted by molar-refractivity contribution is -0.197. The molecule has 0 aliphatic heterocycles. The Balaban J connectivity index is 1.71. The number of hydrogen-bond acceptors (Lipinski definition) is 3. The van der Waals surface area contributed by atoms with Crippen molar-refractivity contribution >= 4 is 11.6 Å². The van der Waals surface area contributed by atoms with Gasteiger partial charge in [0, 0.05) is 19.3 Å². The van der Waals surface area contributed by atoms with E-state index in [1.165, 1.54) is 0 Å². The van der Waals surface area contributed by atoms with Crippen LogP contribution < -0.4 is 0 Å². The van der Waals surface area contributed by atoms with Gasteiger partial charge in [-0.2, -0.15) is 0 Å². The Labute approximate surface area is 132 Å². The fourth-order valence-electron chi connectivity index (χ4n) is 6.78. The highest BCUT2D eigenvalue weighted by Crippen LogP contribution is 2.66.